The van der Waals surface area contributed by atoms with Gasteiger partial charge in [-0.15, -0.1) is 0 Å². The molecule has 1 amide bonds. The van der Waals surface area contributed by atoms with Crippen LogP contribution in [0.1, 0.15) is 245 Å². The smallest absolute Gasteiger partial charge is 0.394 e. The zero-order valence-corrected chi connectivity index (χ0v) is 41.0. The molecule has 1 saturated heterocycles. The average molecular weight is 920 g/mol. The van der Waals surface area contributed by atoms with Crippen LogP contribution in [0.4, 0.5) is 0 Å². The first-order chi connectivity index (χ1) is 30.5. The first-order valence-electron chi connectivity index (χ1n) is 26.1. The van der Waals surface area contributed by atoms with Crippen molar-refractivity contribution in [3.8, 4) is 0 Å². The molecule has 0 radical (unpaired) electrons. The summed E-state index contributed by atoms with van der Waals surface area (Å²) in [4.78, 5) is 13.1. The van der Waals surface area contributed by atoms with Crippen molar-refractivity contribution in [2.75, 3.05) is 13.2 Å². The van der Waals surface area contributed by atoms with Crippen LogP contribution in [-0.4, -0.2) is 95.4 Å². The quantitative estimate of drug-likeness (QED) is 0.0193. The molecule has 6 N–H and O–H groups in total. The van der Waals surface area contributed by atoms with Gasteiger partial charge >= 0.3 is 10.4 Å². The number of hydrogen-bond donors (Lipinski definition) is 6. The first-order valence-corrected chi connectivity index (χ1v) is 27.4. The molecule has 0 aromatic rings. The number of aliphatic hydroxyl groups excluding tert-OH is 4. The third kappa shape index (κ3) is 33.9. The number of carbonyl (C=O) groups is 1. The minimum absolute atomic E-state index is 0.258. The van der Waals surface area contributed by atoms with E-state index in [1.165, 1.54) is 180 Å². The zero-order chi connectivity index (χ0) is 46.2. The molecule has 0 aromatic heterocycles. The second-order valence-corrected chi connectivity index (χ2v) is 19.5. The molecule has 1 heterocycles. The second kappa shape index (κ2) is 41.1. The van der Waals surface area contributed by atoms with Crippen molar-refractivity contribution in [2.24, 2.45) is 0 Å². The van der Waals surface area contributed by atoms with Gasteiger partial charge in [0, 0.05) is 6.42 Å². The lowest BCUT2D eigenvalue weighted by molar-refractivity contribution is -0.298. The summed E-state index contributed by atoms with van der Waals surface area (Å²) in [6.07, 6.45) is 38.3. The molecule has 13 heteroatoms. The lowest BCUT2D eigenvalue weighted by Crippen LogP contribution is -2.61. The summed E-state index contributed by atoms with van der Waals surface area (Å²) in [5, 5.41) is 44.8. The van der Waals surface area contributed by atoms with Gasteiger partial charge < -0.3 is 35.2 Å². The number of carbonyl (C=O) groups excluding carboxylic acids is 1. The summed E-state index contributed by atoms with van der Waals surface area (Å²) in [7, 11) is -5.08. The fourth-order valence-electron chi connectivity index (χ4n) is 8.52. The Morgan fingerprint density at radius 3 is 1.38 bits per heavy atom. The first kappa shape index (κ1) is 59.9. The van der Waals surface area contributed by atoms with Crippen LogP contribution in [0.15, 0.2) is 12.2 Å². The zero-order valence-electron chi connectivity index (χ0n) is 40.2. The molecule has 12 nitrogen and oxygen atoms in total. The van der Waals surface area contributed by atoms with Gasteiger partial charge in [-0.1, -0.05) is 231 Å². The Labute approximate surface area is 385 Å². The van der Waals surface area contributed by atoms with Crippen LogP contribution in [0.3, 0.4) is 0 Å². The number of ether oxygens (including phenoxy) is 2. The van der Waals surface area contributed by atoms with Crippen molar-refractivity contribution >= 4 is 16.3 Å². The molecule has 1 rings (SSSR count). The van der Waals surface area contributed by atoms with Crippen LogP contribution in [-0.2, 0) is 28.9 Å². The highest BCUT2D eigenvalue weighted by Gasteiger charge is 2.48. The van der Waals surface area contributed by atoms with Crippen molar-refractivity contribution < 1.29 is 51.8 Å². The Morgan fingerprint density at radius 1 is 0.619 bits per heavy atom. The summed E-state index contributed by atoms with van der Waals surface area (Å²) < 4.78 is 47.7. The van der Waals surface area contributed by atoms with Gasteiger partial charge in [0.15, 0.2) is 6.29 Å². The van der Waals surface area contributed by atoms with E-state index in [9.17, 15) is 38.2 Å². The van der Waals surface area contributed by atoms with E-state index in [2.05, 4.69) is 23.3 Å². The van der Waals surface area contributed by atoms with Crippen molar-refractivity contribution in [1.29, 1.82) is 0 Å². The van der Waals surface area contributed by atoms with Gasteiger partial charge in [0.25, 0.3) is 0 Å². The van der Waals surface area contributed by atoms with Gasteiger partial charge in [-0.25, -0.2) is 4.18 Å². The molecule has 1 fully saturated rings. The number of amides is 1. The normalized spacial score (nSPS) is 20.4. The van der Waals surface area contributed by atoms with Crippen LogP contribution < -0.4 is 5.32 Å². The summed E-state index contributed by atoms with van der Waals surface area (Å²) in [6, 6.07) is -0.938. The van der Waals surface area contributed by atoms with Crippen LogP contribution in [0.2, 0.25) is 0 Å². The van der Waals surface area contributed by atoms with Crippen molar-refractivity contribution in [1.82, 2.24) is 5.32 Å². The monoisotopic (exact) mass is 920 g/mol. The summed E-state index contributed by atoms with van der Waals surface area (Å²) >= 11 is 0. The minimum atomic E-state index is -5.08. The molecular weight excluding hydrogens is 823 g/mol. The molecule has 0 bridgehead atoms. The summed E-state index contributed by atoms with van der Waals surface area (Å²) in [6.45, 7) is 3.41. The maximum absolute atomic E-state index is 13.1. The van der Waals surface area contributed by atoms with Crippen LogP contribution >= 0.6 is 0 Å². The average Bonchev–Trinajstić information content (AvgIpc) is 3.25. The Hall–Kier alpha value is -1.16. The highest BCUT2D eigenvalue weighted by atomic mass is 32.3. The highest BCUT2D eigenvalue weighted by molar-refractivity contribution is 7.80. The van der Waals surface area contributed by atoms with E-state index in [-0.39, 0.29) is 18.9 Å². The van der Waals surface area contributed by atoms with Gasteiger partial charge in [-0.3, -0.25) is 9.35 Å². The molecule has 7 unspecified atom stereocenters. The number of hydrogen-bond acceptors (Lipinski definition) is 10. The second-order valence-electron chi connectivity index (χ2n) is 18.5. The van der Waals surface area contributed by atoms with Crippen LogP contribution in [0, 0.1) is 0 Å². The van der Waals surface area contributed by atoms with Gasteiger partial charge in [-0.2, -0.15) is 8.42 Å². The topological polar surface area (TPSA) is 192 Å². The summed E-state index contributed by atoms with van der Waals surface area (Å²) in [5.41, 5.74) is 0. The number of rotatable bonds is 45. The summed E-state index contributed by atoms with van der Waals surface area (Å²) in [5.74, 6) is -0.258. The van der Waals surface area contributed by atoms with Crippen molar-refractivity contribution in [3.05, 3.63) is 12.2 Å². The van der Waals surface area contributed by atoms with E-state index in [1.807, 2.05) is 6.08 Å². The predicted octanol–water partition coefficient (Wildman–Crippen LogP) is 11.1. The minimum Gasteiger partial charge on any atom is -0.394 e. The Bertz CT molecular complexity index is 1180. The molecular formula is C50H97NO11S. The van der Waals surface area contributed by atoms with E-state index in [0.717, 1.165) is 38.5 Å². The standard InChI is InChI=1S/C50H97NO11S/c1-3-5-7-9-11-13-15-17-18-19-20-21-22-23-24-25-26-28-30-32-34-36-38-40-46(54)51-43(44(53)39-37-35-33-31-29-27-16-14-12-10-8-6-4-2)42-60-50-48(56)49(62-63(57,58)59)47(55)45(41-52)61-50/h37,39,43-45,47-50,52-53,55-56H,3-36,38,40-42H2,1-2H3,(H,51,54)(H,57,58,59)/b39-37+. The molecule has 7 atom stereocenters. The molecule has 0 saturated carbocycles. The van der Waals surface area contributed by atoms with Crippen LogP contribution in [0.25, 0.3) is 0 Å². The third-order valence-electron chi connectivity index (χ3n) is 12.6. The molecule has 0 aliphatic carbocycles. The van der Waals surface area contributed by atoms with Crippen LogP contribution in [0.5, 0.6) is 0 Å². The lowest BCUT2D eigenvalue weighted by atomic mass is 9.99. The molecule has 63 heavy (non-hydrogen) atoms. The van der Waals surface area contributed by atoms with Gasteiger partial charge in [-0.05, 0) is 19.3 Å². The fraction of sp³-hybridized carbons (Fsp3) is 0.940. The van der Waals surface area contributed by atoms with Crippen molar-refractivity contribution in [3.63, 3.8) is 0 Å². The van der Waals surface area contributed by atoms with Gasteiger partial charge in [0.05, 0.1) is 25.4 Å². The largest absolute Gasteiger partial charge is 0.397 e. The SMILES string of the molecule is CCCCCCCCCCCCC/C=C/C(O)C(COC1OC(CO)C(O)C(OS(=O)(=O)O)C1O)NC(=O)CCCCCCCCCCCCCCCCCCCCCCCCC. The third-order valence-corrected chi connectivity index (χ3v) is 13.0. The molecule has 0 spiro atoms. The van der Waals surface area contributed by atoms with E-state index in [1.54, 1.807) is 6.08 Å². The molecule has 0 aromatic carbocycles. The van der Waals surface area contributed by atoms with Gasteiger partial charge in [0.2, 0.25) is 5.91 Å². The number of unbranched alkanes of at least 4 members (excludes halogenated alkanes) is 33. The molecule has 374 valence electrons. The molecule has 1 aliphatic heterocycles. The Kier molecular flexibility index (Phi) is 39.0. The Morgan fingerprint density at radius 2 is 1.00 bits per heavy atom. The maximum Gasteiger partial charge on any atom is 0.397 e. The number of aliphatic hydroxyl groups is 4. The van der Waals surface area contributed by atoms with Crippen molar-refractivity contribution in [2.45, 2.75) is 288 Å². The predicted molar refractivity (Wildman–Crippen MR) is 255 cm³/mol. The lowest BCUT2D eigenvalue weighted by Gasteiger charge is -2.41. The van der Waals surface area contributed by atoms with Gasteiger partial charge in [0.1, 0.15) is 24.4 Å². The number of nitrogens with one attached hydrogen (secondary N) is 1. The van der Waals surface area contributed by atoms with E-state index >= 15 is 0 Å². The Balaban J connectivity index is 2.38. The maximum atomic E-state index is 13.1. The number of allylic oxidation sites excluding steroid dienone is 1. The van der Waals surface area contributed by atoms with E-state index < -0.39 is 59.9 Å². The van der Waals surface area contributed by atoms with E-state index in [0.29, 0.717) is 6.42 Å². The highest BCUT2D eigenvalue weighted by Crippen LogP contribution is 2.26. The fourth-order valence-corrected chi connectivity index (χ4v) is 9.02. The van der Waals surface area contributed by atoms with E-state index in [4.69, 9.17) is 9.47 Å². The molecule has 1 aliphatic rings.